The van der Waals surface area contributed by atoms with E-state index in [9.17, 15) is 4.57 Å². The molecule has 21 heavy (non-hydrogen) atoms. The summed E-state index contributed by atoms with van der Waals surface area (Å²) in [5, 5.41) is 0. The molecule has 0 saturated carbocycles. The normalized spacial score (nSPS) is 16.8. The molecule has 128 valence electrons. The molecular weight excluding hydrogens is 283 g/mol. The Morgan fingerprint density at radius 2 is 1.52 bits per heavy atom. The van der Waals surface area contributed by atoms with Crippen LogP contribution in [0.2, 0.25) is 0 Å². The lowest BCUT2D eigenvalue weighted by molar-refractivity contribution is 0.108. The van der Waals surface area contributed by atoms with E-state index in [0.717, 1.165) is 25.7 Å². The molecule has 0 aromatic carbocycles. The molecule has 0 amide bonds. The Hall–Kier alpha value is 0.150. The van der Waals surface area contributed by atoms with Gasteiger partial charge in [0.25, 0.3) is 0 Å². The molecule has 0 radical (unpaired) electrons. The highest BCUT2D eigenvalue weighted by molar-refractivity contribution is 7.51. The van der Waals surface area contributed by atoms with Crippen LogP contribution < -0.4 is 0 Å². The molecular formula is C17H37O3P. The van der Waals surface area contributed by atoms with E-state index < -0.39 is 7.60 Å². The first-order valence-electron chi connectivity index (χ1n) is 8.38. The molecule has 0 aliphatic heterocycles. The minimum atomic E-state index is -3.86. The predicted molar refractivity (Wildman–Crippen MR) is 91.6 cm³/mol. The first-order valence-corrected chi connectivity index (χ1v) is 10.2. The Balaban J connectivity index is 4.87. The quantitative estimate of drug-likeness (QED) is 0.555. The molecule has 0 saturated heterocycles. The molecule has 0 aromatic rings. The average molecular weight is 320 g/mol. The van der Waals surface area contributed by atoms with E-state index in [1.54, 1.807) is 0 Å². The molecule has 0 spiro atoms. The molecule has 2 N–H and O–H groups in total. The highest BCUT2D eigenvalue weighted by atomic mass is 31.2. The summed E-state index contributed by atoms with van der Waals surface area (Å²) in [5.41, 5.74) is 0.521. The molecule has 2 unspecified atom stereocenters. The zero-order valence-electron chi connectivity index (χ0n) is 15.1. The van der Waals surface area contributed by atoms with Crippen molar-refractivity contribution >= 4 is 7.60 Å². The third kappa shape index (κ3) is 8.38. The number of rotatable bonds is 9. The minimum absolute atomic E-state index is 0.0234. The van der Waals surface area contributed by atoms with Gasteiger partial charge in [-0.3, -0.25) is 4.57 Å². The van der Waals surface area contributed by atoms with Gasteiger partial charge in [-0.05, 0) is 41.9 Å². The van der Waals surface area contributed by atoms with Crippen molar-refractivity contribution in [3.8, 4) is 0 Å². The maximum absolute atomic E-state index is 11.1. The van der Waals surface area contributed by atoms with Crippen molar-refractivity contribution in [3.05, 3.63) is 0 Å². The predicted octanol–water partition coefficient (Wildman–Crippen LogP) is 5.46. The van der Waals surface area contributed by atoms with Gasteiger partial charge < -0.3 is 9.79 Å². The van der Waals surface area contributed by atoms with Gasteiger partial charge in [0.05, 0.1) is 0 Å². The van der Waals surface area contributed by atoms with Crippen LogP contribution in [0.5, 0.6) is 0 Å². The number of hydrogen-bond acceptors (Lipinski definition) is 1. The van der Waals surface area contributed by atoms with Crippen molar-refractivity contribution in [1.29, 1.82) is 0 Å². The first-order chi connectivity index (χ1) is 9.33. The second-order valence-corrected chi connectivity index (χ2v) is 10.1. The van der Waals surface area contributed by atoms with Crippen LogP contribution in [-0.2, 0) is 4.57 Å². The van der Waals surface area contributed by atoms with E-state index in [1.165, 1.54) is 0 Å². The lowest BCUT2D eigenvalue weighted by Crippen LogP contribution is -2.30. The summed E-state index contributed by atoms with van der Waals surface area (Å²) in [6, 6.07) is 0. The average Bonchev–Trinajstić information content (AvgIpc) is 2.30. The molecule has 3 nitrogen and oxygen atoms in total. The maximum atomic E-state index is 11.1. The van der Waals surface area contributed by atoms with Crippen molar-refractivity contribution in [2.75, 3.05) is 6.16 Å². The Labute approximate surface area is 132 Å². The monoisotopic (exact) mass is 320 g/mol. The lowest BCUT2D eigenvalue weighted by Gasteiger charge is -2.40. The van der Waals surface area contributed by atoms with E-state index in [-0.39, 0.29) is 11.6 Å². The molecule has 0 bridgehead atoms. The fourth-order valence-electron chi connectivity index (χ4n) is 3.14. The van der Waals surface area contributed by atoms with Crippen molar-refractivity contribution in [2.24, 2.45) is 22.7 Å². The molecule has 0 fully saturated rings. The second-order valence-electron chi connectivity index (χ2n) is 8.28. The second kappa shape index (κ2) is 8.13. The fourth-order valence-corrected chi connectivity index (χ4v) is 3.73. The standard InChI is InChI=1S/C17H37O3P/c1-8-14(16(3,4)5)13-15(17(6,7)9-2)11-10-12-21(18,19)20/h14-15H,8-13H2,1-7H3,(H2,18,19,20). The molecule has 0 aliphatic carbocycles. The zero-order chi connectivity index (χ0) is 16.9. The Bertz CT molecular complexity index is 338. The van der Waals surface area contributed by atoms with Crippen LogP contribution in [0, 0.1) is 22.7 Å². The zero-order valence-corrected chi connectivity index (χ0v) is 16.0. The molecule has 2 atom stereocenters. The van der Waals surface area contributed by atoms with Gasteiger partial charge in [0.15, 0.2) is 0 Å². The molecule has 4 heteroatoms. The van der Waals surface area contributed by atoms with Crippen LogP contribution in [0.1, 0.15) is 80.6 Å². The van der Waals surface area contributed by atoms with Crippen molar-refractivity contribution in [1.82, 2.24) is 0 Å². The summed E-state index contributed by atoms with van der Waals surface area (Å²) >= 11 is 0. The molecule has 0 aromatic heterocycles. The summed E-state index contributed by atoms with van der Waals surface area (Å²) in [5.74, 6) is 1.18. The highest BCUT2D eigenvalue weighted by Gasteiger charge is 2.33. The van der Waals surface area contributed by atoms with Crippen LogP contribution in [0.3, 0.4) is 0 Å². The van der Waals surface area contributed by atoms with E-state index in [4.69, 9.17) is 9.79 Å². The third-order valence-corrected chi connectivity index (χ3v) is 6.20. The van der Waals surface area contributed by atoms with Crippen LogP contribution in [0.15, 0.2) is 0 Å². The van der Waals surface area contributed by atoms with Crippen LogP contribution >= 0.6 is 7.60 Å². The number of hydrogen-bond donors (Lipinski definition) is 2. The summed E-state index contributed by atoms with van der Waals surface area (Å²) in [4.78, 5) is 18.1. The molecule has 0 heterocycles. The van der Waals surface area contributed by atoms with Crippen molar-refractivity contribution < 1.29 is 14.4 Å². The fraction of sp³-hybridized carbons (Fsp3) is 1.00. The summed E-state index contributed by atoms with van der Waals surface area (Å²) < 4.78 is 11.1. The maximum Gasteiger partial charge on any atom is 0.325 e. The summed E-state index contributed by atoms with van der Waals surface area (Å²) in [6.07, 6.45) is 4.99. The van der Waals surface area contributed by atoms with E-state index in [2.05, 4.69) is 48.5 Å². The van der Waals surface area contributed by atoms with E-state index >= 15 is 0 Å². The van der Waals surface area contributed by atoms with Gasteiger partial charge in [0, 0.05) is 6.16 Å². The van der Waals surface area contributed by atoms with Crippen LogP contribution in [0.4, 0.5) is 0 Å². The Morgan fingerprint density at radius 1 is 1.00 bits per heavy atom. The highest BCUT2D eigenvalue weighted by Crippen LogP contribution is 2.44. The topological polar surface area (TPSA) is 57.5 Å². The van der Waals surface area contributed by atoms with Gasteiger partial charge in [-0.25, -0.2) is 0 Å². The van der Waals surface area contributed by atoms with Gasteiger partial charge in [-0.2, -0.15) is 0 Å². The summed E-state index contributed by atoms with van der Waals surface area (Å²) in [7, 11) is -3.86. The third-order valence-electron chi connectivity index (χ3n) is 5.30. The van der Waals surface area contributed by atoms with Gasteiger partial charge in [0.2, 0.25) is 0 Å². The van der Waals surface area contributed by atoms with Crippen LogP contribution in [0.25, 0.3) is 0 Å². The SMILES string of the molecule is CCC(CC(CCCP(=O)(O)O)C(C)(C)CC)C(C)(C)C. The van der Waals surface area contributed by atoms with E-state index in [1.807, 2.05) is 0 Å². The lowest BCUT2D eigenvalue weighted by atomic mass is 9.66. The smallest absolute Gasteiger partial charge is 0.324 e. The Kier molecular flexibility index (Phi) is 8.19. The van der Waals surface area contributed by atoms with Gasteiger partial charge in [-0.1, -0.05) is 61.3 Å². The first kappa shape index (κ1) is 21.1. The Morgan fingerprint density at radius 3 is 1.86 bits per heavy atom. The molecule has 0 aliphatic rings. The van der Waals surface area contributed by atoms with Gasteiger partial charge in [0.1, 0.15) is 0 Å². The minimum Gasteiger partial charge on any atom is -0.324 e. The van der Waals surface area contributed by atoms with Crippen LogP contribution in [-0.4, -0.2) is 15.9 Å². The van der Waals surface area contributed by atoms with E-state index in [0.29, 0.717) is 23.7 Å². The molecule has 0 rings (SSSR count). The van der Waals surface area contributed by atoms with Crippen molar-refractivity contribution in [2.45, 2.75) is 80.6 Å². The van der Waals surface area contributed by atoms with Gasteiger partial charge in [-0.15, -0.1) is 0 Å². The van der Waals surface area contributed by atoms with Crippen molar-refractivity contribution in [3.63, 3.8) is 0 Å². The summed E-state index contributed by atoms with van der Waals surface area (Å²) in [6.45, 7) is 16.0. The van der Waals surface area contributed by atoms with Gasteiger partial charge >= 0.3 is 7.60 Å². The largest absolute Gasteiger partial charge is 0.325 e.